The Morgan fingerprint density at radius 1 is 1.39 bits per heavy atom. The lowest BCUT2D eigenvalue weighted by atomic mass is 10.0. The van der Waals surface area contributed by atoms with E-state index in [1.54, 1.807) is 0 Å². The molecule has 0 aromatic heterocycles. The van der Waals surface area contributed by atoms with Crippen LogP contribution in [0, 0.1) is 5.41 Å². The van der Waals surface area contributed by atoms with Gasteiger partial charge < -0.3 is 15.4 Å². The van der Waals surface area contributed by atoms with E-state index in [9.17, 15) is 4.79 Å². The number of hydrogen-bond donors (Lipinski definition) is 2. The maximum absolute atomic E-state index is 11.5. The predicted molar refractivity (Wildman–Crippen MR) is 73.7 cm³/mol. The Morgan fingerprint density at radius 2 is 2.00 bits per heavy atom. The van der Waals surface area contributed by atoms with E-state index >= 15 is 0 Å². The van der Waals surface area contributed by atoms with Crippen molar-refractivity contribution in [2.45, 2.75) is 65.5 Å². The lowest BCUT2D eigenvalue weighted by Gasteiger charge is -2.22. The zero-order chi connectivity index (χ0) is 13.8. The maximum Gasteiger partial charge on any atom is 0.407 e. The summed E-state index contributed by atoms with van der Waals surface area (Å²) in [5.74, 6) is 0. The first-order valence-corrected chi connectivity index (χ1v) is 6.97. The molecule has 1 rings (SSSR count). The summed E-state index contributed by atoms with van der Waals surface area (Å²) in [6, 6.07) is 0.279. The van der Waals surface area contributed by atoms with Crippen LogP contribution >= 0.6 is 0 Å². The number of carbonyl (C=O) groups excluding carboxylic acids is 1. The van der Waals surface area contributed by atoms with Gasteiger partial charge in [-0.25, -0.2) is 4.79 Å². The van der Waals surface area contributed by atoms with Crippen LogP contribution in [0.1, 0.15) is 53.9 Å². The standard InChI is InChI=1S/C14H28N2O2/c1-6-14(7-8-14)10-16-11(2)9-15-12(17)18-13(3,4)5/h11,16H,6-10H2,1-5H3,(H,15,17). The van der Waals surface area contributed by atoms with Crippen LogP contribution < -0.4 is 10.6 Å². The second-order valence-electron chi connectivity index (χ2n) is 6.52. The van der Waals surface area contributed by atoms with Gasteiger partial charge in [-0.2, -0.15) is 0 Å². The maximum atomic E-state index is 11.5. The topological polar surface area (TPSA) is 50.4 Å². The summed E-state index contributed by atoms with van der Waals surface area (Å²) in [5.41, 5.74) is 0.112. The largest absolute Gasteiger partial charge is 0.444 e. The molecular formula is C14H28N2O2. The molecule has 4 nitrogen and oxygen atoms in total. The van der Waals surface area contributed by atoms with Gasteiger partial charge in [0.05, 0.1) is 0 Å². The molecule has 18 heavy (non-hydrogen) atoms. The molecule has 2 N–H and O–H groups in total. The van der Waals surface area contributed by atoms with E-state index < -0.39 is 5.60 Å². The van der Waals surface area contributed by atoms with Gasteiger partial charge in [0.1, 0.15) is 5.60 Å². The fourth-order valence-electron chi connectivity index (χ4n) is 1.85. The molecule has 106 valence electrons. The van der Waals surface area contributed by atoms with Crippen LogP contribution in [0.5, 0.6) is 0 Å². The molecule has 1 amide bonds. The molecule has 1 fully saturated rings. The van der Waals surface area contributed by atoms with Crippen LogP contribution in [0.25, 0.3) is 0 Å². The summed E-state index contributed by atoms with van der Waals surface area (Å²) < 4.78 is 5.19. The Labute approximate surface area is 111 Å². The van der Waals surface area contributed by atoms with Crippen molar-refractivity contribution in [2.24, 2.45) is 5.41 Å². The number of rotatable bonds is 6. The number of carbonyl (C=O) groups is 1. The first-order valence-electron chi connectivity index (χ1n) is 6.97. The second kappa shape index (κ2) is 5.91. The van der Waals surface area contributed by atoms with E-state index in [4.69, 9.17) is 4.74 Å². The highest BCUT2D eigenvalue weighted by molar-refractivity contribution is 5.67. The van der Waals surface area contributed by atoms with E-state index in [1.165, 1.54) is 19.3 Å². The smallest absolute Gasteiger partial charge is 0.407 e. The van der Waals surface area contributed by atoms with E-state index in [1.807, 2.05) is 20.8 Å². The minimum Gasteiger partial charge on any atom is -0.444 e. The molecule has 0 aliphatic heterocycles. The fourth-order valence-corrected chi connectivity index (χ4v) is 1.85. The third-order valence-electron chi connectivity index (χ3n) is 3.48. The van der Waals surface area contributed by atoms with Crippen LogP contribution in [-0.4, -0.2) is 30.8 Å². The summed E-state index contributed by atoms with van der Waals surface area (Å²) >= 11 is 0. The van der Waals surface area contributed by atoms with Gasteiger partial charge >= 0.3 is 6.09 Å². The number of hydrogen-bond acceptors (Lipinski definition) is 3. The van der Waals surface area contributed by atoms with Crippen LogP contribution in [-0.2, 0) is 4.74 Å². The van der Waals surface area contributed by atoms with Gasteiger partial charge in [-0.1, -0.05) is 6.92 Å². The summed E-state index contributed by atoms with van der Waals surface area (Å²) in [6.07, 6.45) is 3.57. The quantitative estimate of drug-likeness (QED) is 0.768. The molecule has 0 aromatic carbocycles. The van der Waals surface area contributed by atoms with Crippen molar-refractivity contribution < 1.29 is 9.53 Å². The van der Waals surface area contributed by atoms with Crippen molar-refractivity contribution >= 4 is 6.09 Å². The highest BCUT2D eigenvalue weighted by Gasteiger charge is 2.40. The molecule has 0 bridgehead atoms. The third-order valence-corrected chi connectivity index (χ3v) is 3.48. The highest BCUT2D eigenvalue weighted by atomic mass is 16.6. The Kier molecular flexibility index (Phi) is 5.02. The molecule has 1 aliphatic rings. The van der Waals surface area contributed by atoms with Crippen molar-refractivity contribution in [3.05, 3.63) is 0 Å². The number of alkyl carbamates (subject to hydrolysis) is 1. The fraction of sp³-hybridized carbons (Fsp3) is 0.929. The molecule has 4 heteroatoms. The minimum absolute atomic E-state index is 0.279. The normalized spacial score (nSPS) is 19.2. The van der Waals surface area contributed by atoms with Crippen LogP contribution in [0.3, 0.4) is 0 Å². The molecule has 0 aromatic rings. The van der Waals surface area contributed by atoms with Crippen molar-refractivity contribution in [2.75, 3.05) is 13.1 Å². The minimum atomic E-state index is -0.430. The van der Waals surface area contributed by atoms with Crippen molar-refractivity contribution in [3.8, 4) is 0 Å². The molecule has 0 radical (unpaired) electrons. The monoisotopic (exact) mass is 256 g/mol. The average Bonchev–Trinajstić information content (AvgIpc) is 3.02. The molecule has 1 saturated carbocycles. The molecule has 0 saturated heterocycles. The first kappa shape index (κ1) is 15.3. The van der Waals surface area contributed by atoms with Crippen molar-refractivity contribution in [1.29, 1.82) is 0 Å². The Bertz CT molecular complexity index is 280. The van der Waals surface area contributed by atoms with Gasteiger partial charge in [-0.15, -0.1) is 0 Å². The van der Waals surface area contributed by atoms with Gasteiger partial charge in [-0.05, 0) is 52.4 Å². The number of amides is 1. The summed E-state index contributed by atoms with van der Waals surface area (Å²) in [4.78, 5) is 11.5. The summed E-state index contributed by atoms with van der Waals surface area (Å²) in [6.45, 7) is 11.6. The van der Waals surface area contributed by atoms with E-state index in [0.29, 0.717) is 12.0 Å². The summed E-state index contributed by atoms with van der Waals surface area (Å²) in [7, 11) is 0. The van der Waals surface area contributed by atoms with Crippen LogP contribution in [0.2, 0.25) is 0 Å². The van der Waals surface area contributed by atoms with Crippen LogP contribution in [0.4, 0.5) is 4.79 Å². The lowest BCUT2D eigenvalue weighted by Crippen LogP contribution is -2.42. The van der Waals surface area contributed by atoms with E-state index in [-0.39, 0.29) is 12.1 Å². The third kappa shape index (κ3) is 5.71. The average molecular weight is 256 g/mol. The Balaban J connectivity index is 2.13. The van der Waals surface area contributed by atoms with Crippen LogP contribution in [0.15, 0.2) is 0 Å². The number of ether oxygens (including phenoxy) is 1. The van der Waals surface area contributed by atoms with Gasteiger partial charge in [0, 0.05) is 19.1 Å². The second-order valence-corrected chi connectivity index (χ2v) is 6.52. The zero-order valence-corrected chi connectivity index (χ0v) is 12.4. The highest BCUT2D eigenvalue weighted by Crippen LogP contribution is 2.47. The molecule has 1 aliphatic carbocycles. The van der Waals surface area contributed by atoms with Crippen molar-refractivity contribution in [1.82, 2.24) is 10.6 Å². The first-order chi connectivity index (χ1) is 8.26. The predicted octanol–water partition coefficient (Wildman–Crippen LogP) is 2.68. The molecule has 1 atom stereocenters. The SMILES string of the molecule is CCC1(CNC(C)CNC(=O)OC(C)(C)C)CC1. The van der Waals surface area contributed by atoms with E-state index in [2.05, 4.69) is 24.5 Å². The zero-order valence-electron chi connectivity index (χ0n) is 12.4. The van der Waals surface area contributed by atoms with Gasteiger partial charge in [0.25, 0.3) is 0 Å². The van der Waals surface area contributed by atoms with Gasteiger partial charge in [0.2, 0.25) is 0 Å². The molecule has 0 spiro atoms. The van der Waals surface area contributed by atoms with E-state index in [0.717, 1.165) is 6.54 Å². The van der Waals surface area contributed by atoms with Crippen molar-refractivity contribution in [3.63, 3.8) is 0 Å². The number of nitrogens with one attached hydrogen (secondary N) is 2. The Morgan fingerprint density at radius 3 is 2.44 bits per heavy atom. The van der Waals surface area contributed by atoms with Gasteiger partial charge in [0.15, 0.2) is 0 Å². The molecule has 1 unspecified atom stereocenters. The molecule has 0 heterocycles. The molecular weight excluding hydrogens is 228 g/mol. The lowest BCUT2D eigenvalue weighted by molar-refractivity contribution is 0.0523. The summed E-state index contributed by atoms with van der Waals surface area (Å²) in [5, 5.41) is 6.27. The Hall–Kier alpha value is -0.770. The van der Waals surface area contributed by atoms with Gasteiger partial charge in [-0.3, -0.25) is 0 Å².